The van der Waals surface area contributed by atoms with Crippen molar-refractivity contribution in [2.24, 2.45) is 5.92 Å². The molecule has 1 atom stereocenters. The van der Waals surface area contributed by atoms with Crippen LogP contribution in [-0.2, 0) is 4.79 Å². The Balaban J connectivity index is 1.45. The first-order valence-corrected chi connectivity index (χ1v) is 12.2. The first kappa shape index (κ1) is 24.4. The zero-order valence-electron chi connectivity index (χ0n) is 19.8. The van der Waals surface area contributed by atoms with E-state index in [-0.39, 0.29) is 17.9 Å². The van der Waals surface area contributed by atoms with Gasteiger partial charge >= 0.3 is 0 Å². The molecule has 0 spiro atoms. The Hall–Kier alpha value is -2.77. The quantitative estimate of drug-likeness (QED) is 0.632. The first-order valence-electron chi connectivity index (χ1n) is 11.8. The monoisotopic (exact) mass is 485 g/mol. The fourth-order valence-electron chi connectivity index (χ4n) is 5.03. The van der Waals surface area contributed by atoms with Gasteiger partial charge in [0.15, 0.2) is 0 Å². The van der Waals surface area contributed by atoms with Crippen molar-refractivity contribution >= 4 is 29.1 Å². The van der Waals surface area contributed by atoms with Gasteiger partial charge in [0, 0.05) is 60.7 Å². The van der Waals surface area contributed by atoms with Crippen molar-refractivity contribution in [2.75, 3.05) is 45.7 Å². The third-order valence-corrected chi connectivity index (χ3v) is 7.07. The molecule has 0 aromatic heterocycles. The lowest BCUT2D eigenvalue weighted by atomic mass is 9.94. The summed E-state index contributed by atoms with van der Waals surface area (Å²) in [5.74, 6) is 1.55. The number of carbonyl (C=O) groups is 2. The second kappa shape index (κ2) is 11.1. The van der Waals surface area contributed by atoms with Crippen molar-refractivity contribution in [3.63, 3.8) is 0 Å². The minimum absolute atomic E-state index is 0.00154. The van der Waals surface area contributed by atoms with E-state index in [0.29, 0.717) is 59.9 Å². The number of benzene rings is 2. The van der Waals surface area contributed by atoms with Crippen molar-refractivity contribution in [2.45, 2.75) is 31.7 Å². The van der Waals surface area contributed by atoms with Gasteiger partial charge in [-0.1, -0.05) is 24.4 Å². The highest BCUT2D eigenvalue weighted by Crippen LogP contribution is 2.33. The maximum atomic E-state index is 13.5. The van der Waals surface area contributed by atoms with Gasteiger partial charge < -0.3 is 19.7 Å². The average Bonchev–Trinajstić information content (AvgIpc) is 3.38. The number of methoxy groups -OCH3 is 2. The van der Waals surface area contributed by atoms with Crippen LogP contribution in [0, 0.1) is 5.92 Å². The summed E-state index contributed by atoms with van der Waals surface area (Å²) < 4.78 is 10.7. The number of ether oxygens (including phenoxy) is 2. The normalized spacial score (nSPS) is 17.9. The third kappa shape index (κ3) is 5.65. The van der Waals surface area contributed by atoms with Gasteiger partial charge in [0.2, 0.25) is 5.91 Å². The van der Waals surface area contributed by atoms with Crippen LogP contribution in [0.1, 0.15) is 36.0 Å². The second-order valence-corrected chi connectivity index (χ2v) is 9.35. The number of halogens is 1. The highest BCUT2D eigenvalue weighted by molar-refractivity contribution is 6.30. The fourth-order valence-corrected chi connectivity index (χ4v) is 5.15. The van der Waals surface area contributed by atoms with Crippen LogP contribution in [-0.4, -0.2) is 68.1 Å². The predicted octanol–water partition coefficient (Wildman–Crippen LogP) is 4.31. The summed E-state index contributed by atoms with van der Waals surface area (Å²) in [4.78, 5) is 30.5. The van der Waals surface area contributed by atoms with Crippen molar-refractivity contribution < 1.29 is 19.1 Å². The fraction of sp³-hybridized carbons (Fsp3) is 0.462. The van der Waals surface area contributed by atoms with Crippen molar-refractivity contribution in [1.29, 1.82) is 0 Å². The molecule has 182 valence electrons. The van der Waals surface area contributed by atoms with Crippen LogP contribution in [0.5, 0.6) is 11.5 Å². The summed E-state index contributed by atoms with van der Waals surface area (Å²) in [7, 11) is 3.18. The molecular formula is C26H32ClN3O4. The number of nitrogens with one attached hydrogen (secondary N) is 1. The standard InChI is InChI=1S/C26H32ClN3O4/c1-33-22-15-21(16-23(17-22)34-2)28-25(31)24(18-5-3-4-6-18)29-11-13-30(14-12-29)26(32)19-7-9-20(27)10-8-19/h7-10,15-18,24H,3-6,11-14H2,1-2H3,(H,28,31). The van der Waals surface area contributed by atoms with Gasteiger partial charge in [-0.3, -0.25) is 14.5 Å². The molecule has 2 aliphatic rings. The molecule has 2 fully saturated rings. The number of nitrogens with zero attached hydrogens (tertiary/aromatic N) is 2. The molecule has 1 aliphatic heterocycles. The molecule has 0 bridgehead atoms. The number of piperazine rings is 1. The van der Waals surface area contributed by atoms with Crippen molar-refractivity contribution in [1.82, 2.24) is 9.80 Å². The zero-order valence-corrected chi connectivity index (χ0v) is 20.5. The molecule has 1 saturated carbocycles. The maximum absolute atomic E-state index is 13.5. The van der Waals surface area contributed by atoms with E-state index in [2.05, 4.69) is 10.2 Å². The summed E-state index contributed by atoms with van der Waals surface area (Å²) in [5.41, 5.74) is 1.29. The van der Waals surface area contributed by atoms with E-state index in [1.54, 1.807) is 56.7 Å². The molecule has 1 N–H and O–H groups in total. The van der Waals surface area contributed by atoms with Gasteiger partial charge in [-0.15, -0.1) is 0 Å². The van der Waals surface area contributed by atoms with E-state index in [1.807, 2.05) is 4.90 Å². The van der Waals surface area contributed by atoms with Gasteiger partial charge in [0.05, 0.1) is 20.3 Å². The summed E-state index contributed by atoms with van der Waals surface area (Å²) >= 11 is 5.96. The number of carbonyl (C=O) groups excluding carboxylic acids is 2. The number of amides is 2. The Morgan fingerprint density at radius 3 is 2.09 bits per heavy atom. The Labute approximate surface area is 206 Å². The summed E-state index contributed by atoms with van der Waals surface area (Å²) in [6.45, 7) is 2.50. The molecule has 1 unspecified atom stereocenters. The van der Waals surface area contributed by atoms with E-state index >= 15 is 0 Å². The minimum Gasteiger partial charge on any atom is -0.497 e. The second-order valence-electron chi connectivity index (χ2n) is 8.92. The molecule has 7 nitrogen and oxygen atoms in total. The molecule has 2 aromatic rings. The molecule has 8 heteroatoms. The smallest absolute Gasteiger partial charge is 0.253 e. The third-order valence-electron chi connectivity index (χ3n) is 6.82. The largest absolute Gasteiger partial charge is 0.497 e. The van der Waals surface area contributed by atoms with Crippen molar-refractivity contribution in [3.8, 4) is 11.5 Å². The van der Waals surface area contributed by atoms with Crippen molar-refractivity contribution in [3.05, 3.63) is 53.1 Å². The SMILES string of the molecule is COc1cc(NC(=O)C(C2CCCC2)N2CCN(C(=O)c3ccc(Cl)cc3)CC2)cc(OC)c1. The first-order chi connectivity index (χ1) is 16.5. The van der Waals surface area contributed by atoms with E-state index < -0.39 is 0 Å². The van der Waals surface area contributed by atoms with Crippen LogP contribution in [0.25, 0.3) is 0 Å². The molecule has 4 rings (SSSR count). The zero-order chi connectivity index (χ0) is 24.1. The number of anilines is 1. The van der Waals surface area contributed by atoms with Crippen LogP contribution in [0.4, 0.5) is 5.69 Å². The van der Waals surface area contributed by atoms with Gasteiger partial charge in [-0.05, 0) is 43.0 Å². The summed E-state index contributed by atoms with van der Waals surface area (Å²) in [5, 5.41) is 3.71. The Kier molecular flexibility index (Phi) is 7.95. The molecule has 2 amide bonds. The predicted molar refractivity (Wildman–Crippen MR) is 133 cm³/mol. The molecule has 0 radical (unpaired) electrons. The molecule has 2 aromatic carbocycles. The lowest BCUT2D eigenvalue weighted by molar-refractivity contribution is -0.123. The van der Waals surface area contributed by atoms with Gasteiger partial charge in [0.1, 0.15) is 11.5 Å². The molecule has 1 aliphatic carbocycles. The number of rotatable bonds is 7. The summed E-state index contributed by atoms with van der Waals surface area (Å²) in [6, 6.07) is 12.1. The van der Waals surface area contributed by atoms with Crippen LogP contribution in [0.2, 0.25) is 5.02 Å². The van der Waals surface area contributed by atoms with E-state index in [9.17, 15) is 9.59 Å². The van der Waals surface area contributed by atoms with Gasteiger partial charge in [0.25, 0.3) is 5.91 Å². The van der Waals surface area contributed by atoms with Crippen LogP contribution in [0.15, 0.2) is 42.5 Å². The number of hydrogen-bond donors (Lipinski definition) is 1. The van der Waals surface area contributed by atoms with Crippen LogP contribution < -0.4 is 14.8 Å². The maximum Gasteiger partial charge on any atom is 0.253 e. The topological polar surface area (TPSA) is 71.1 Å². The van der Waals surface area contributed by atoms with Crippen LogP contribution >= 0.6 is 11.6 Å². The van der Waals surface area contributed by atoms with Crippen LogP contribution in [0.3, 0.4) is 0 Å². The number of hydrogen-bond acceptors (Lipinski definition) is 5. The lowest BCUT2D eigenvalue weighted by Gasteiger charge is -2.40. The van der Waals surface area contributed by atoms with E-state index in [4.69, 9.17) is 21.1 Å². The average molecular weight is 486 g/mol. The molecule has 1 saturated heterocycles. The highest BCUT2D eigenvalue weighted by Gasteiger charge is 2.37. The highest BCUT2D eigenvalue weighted by atomic mass is 35.5. The molecular weight excluding hydrogens is 454 g/mol. The molecule has 34 heavy (non-hydrogen) atoms. The van der Waals surface area contributed by atoms with E-state index in [0.717, 1.165) is 25.7 Å². The molecule has 1 heterocycles. The van der Waals surface area contributed by atoms with E-state index in [1.165, 1.54) is 0 Å². The summed E-state index contributed by atoms with van der Waals surface area (Å²) in [6.07, 6.45) is 4.39. The Morgan fingerprint density at radius 2 is 1.53 bits per heavy atom. The lowest BCUT2D eigenvalue weighted by Crippen LogP contribution is -2.56. The minimum atomic E-state index is -0.229. The Morgan fingerprint density at radius 1 is 0.941 bits per heavy atom. The van der Waals surface area contributed by atoms with Gasteiger partial charge in [-0.25, -0.2) is 0 Å². The van der Waals surface area contributed by atoms with Gasteiger partial charge in [-0.2, -0.15) is 0 Å². The Bertz CT molecular complexity index is 977.